The fraction of sp³-hybridized carbons (Fsp3) is 0.467. The van der Waals surface area contributed by atoms with Gasteiger partial charge in [0.05, 0.1) is 11.6 Å². The summed E-state index contributed by atoms with van der Waals surface area (Å²) in [5.41, 5.74) is 2.45. The molecule has 0 saturated heterocycles. The molecule has 0 unspecified atom stereocenters. The van der Waals surface area contributed by atoms with Gasteiger partial charge in [-0.15, -0.1) is 0 Å². The van der Waals surface area contributed by atoms with E-state index in [2.05, 4.69) is 6.07 Å². The summed E-state index contributed by atoms with van der Waals surface area (Å²) in [4.78, 5) is 13.7. The molecule has 0 aliphatic carbocycles. The molecule has 1 amide bonds. The highest BCUT2D eigenvalue weighted by Crippen LogP contribution is 2.22. The van der Waals surface area contributed by atoms with E-state index in [1.54, 1.807) is 11.0 Å². The van der Waals surface area contributed by atoms with Gasteiger partial charge in [0.1, 0.15) is 5.60 Å². The van der Waals surface area contributed by atoms with Crippen molar-refractivity contribution in [2.24, 2.45) is 0 Å². The van der Waals surface area contributed by atoms with E-state index >= 15 is 0 Å². The van der Waals surface area contributed by atoms with E-state index in [4.69, 9.17) is 10.00 Å². The third kappa shape index (κ3) is 3.25. The van der Waals surface area contributed by atoms with E-state index in [0.29, 0.717) is 18.7 Å². The number of hydrogen-bond acceptors (Lipinski definition) is 3. The van der Waals surface area contributed by atoms with Gasteiger partial charge >= 0.3 is 6.09 Å². The zero-order valence-electron chi connectivity index (χ0n) is 11.6. The first kappa shape index (κ1) is 13.4. The van der Waals surface area contributed by atoms with Gasteiger partial charge in [-0.05, 0) is 50.5 Å². The van der Waals surface area contributed by atoms with Gasteiger partial charge in [-0.3, -0.25) is 0 Å². The van der Waals surface area contributed by atoms with E-state index in [0.717, 1.165) is 17.5 Å². The molecule has 1 heterocycles. The van der Waals surface area contributed by atoms with Crippen LogP contribution in [0.5, 0.6) is 0 Å². The van der Waals surface area contributed by atoms with Gasteiger partial charge in [0.15, 0.2) is 0 Å². The molecule has 0 radical (unpaired) electrons. The standard InChI is InChI=1S/C15H18N2O2/c1-15(2,3)19-14(18)17-7-6-12-8-11(9-16)4-5-13(12)10-17/h4-5,8H,6-7,10H2,1-3H3. The predicted molar refractivity (Wildman–Crippen MR) is 71.5 cm³/mol. The van der Waals surface area contributed by atoms with Crippen molar-refractivity contribution in [2.75, 3.05) is 6.54 Å². The highest BCUT2D eigenvalue weighted by atomic mass is 16.6. The highest BCUT2D eigenvalue weighted by molar-refractivity contribution is 5.68. The van der Waals surface area contributed by atoms with Crippen LogP contribution in [0.2, 0.25) is 0 Å². The number of carbonyl (C=O) groups is 1. The summed E-state index contributed by atoms with van der Waals surface area (Å²) < 4.78 is 5.37. The van der Waals surface area contributed by atoms with E-state index in [1.165, 1.54) is 0 Å². The molecule has 1 aliphatic heterocycles. The van der Waals surface area contributed by atoms with Crippen LogP contribution in [0, 0.1) is 11.3 Å². The Morgan fingerprint density at radius 2 is 2.11 bits per heavy atom. The molecule has 0 N–H and O–H groups in total. The molecule has 1 aliphatic rings. The van der Waals surface area contributed by atoms with Crippen LogP contribution < -0.4 is 0 Å². The molecule has 1 aromatic carbocycles. The first-order valence-electron chi connectivity index (χ1n) is 6.39. The summed E-state index contributed by atoms with van der Waals surface area (Å²) >= 11 is 0. The monoisotopic (exact) mass is 258 g/mol. The van der Waals surface area contributed by atoms with Gasteiger partial charge in [0, 0.05) is 13.1 Å². The Kier molecular flexibility index (Phi) is 3.48. The van der Waals surface area contributed by atoms with Gasteiger partial charge in [0.2, 0.25) is 0 Å². The Bertz CT molecular complexity index is 538. The number of ether oxygens (including phenoxy) is 1. The van der Waals surface area contributed by atoms with Crippen LogP contribution in [0.4, 0.5) is 4.79 Å². The van der Waals surface area contributed by atoms with Crippen LogP contribution in [0.25, 0.3) is 0 Å². The molecular weight excluding hydrogens is 240 g/mol. The van der Waals surface area contributed by atoms with Crippen LogP contribution in [0.1, 0.15) is 37.5 Å². The van der Waals surface area contributed by atoms with Gasteiger partial charge in [-0.25, -0.2) is 4.79 Å². The smallest absolute Gasteiger partial charge is 0.410 e. The molecule has 0 saturated carbocycles. The molecule has 0 spiro atoms. The van der Waals surface area contributed by atoms with Crippen molar-refractivity contribution in [1.82, 2.24) is 4.90 Å². The second-order valence-electron chi connectivity index (χ2n) is 5.75. The molecule has 19 heavy (non-hydrogen) atoms. The lowest BCUT2D eigenvalue weighted by molar-refractivity contribution is 0.0224. The number of rotatable bonds is 0. The summed E-state index contributed by atoms with van der Waals surface area (Å²) in [6, 6.07) is 7.75. The predicted octanol–water partition coefficient (Wildman–Crippen LogP) is 2.85. The van der Waals surface area contributed by atoms with Crippen LogP contribution in [0.3, 0.4) is 0 Å². The molecule has 100 valence electrons. The molecule has 0 atom stereocenters. The molecular formula is C15H18N2O2. The van der Waals surface area contributed by atoms with Crippen molar-refractivity contribution >= 4 is 6.09 Å². The van der Waals surface area contributed by atoms with Crippen LogP contribution in [-0.2, 0) is 17.7 Å². The van der Waals surface area contributed by atoms with Crippen molar-refractivity contribution in [2.45, 2.75) is 39.3 Å². The Balaban J connectivity index is 2.11. The summed E-state index contributed by atoms with van der Waals surface area (Å²) in [7, 11) is 0. The maximum Gasteiger partial charge on any atom is 0.410 e. The zero-order chi connectivity index (χ0) is 14.0. The quantitative estimate of drug-likeness (QED) is 0.719. The fourth-order valence-electron chi connectivity index (χ4n) is 2.10. The molecule has 2 rings (SSSR count). The molecule has 4 nitrogen and oxygen atoms in total. The number of nitriles is 1. The topological polar surface area (TPSA) is 53.3 Å². The lowest BCUT2D eigenvalue weighted by Crippen LogP contribution is -2.39. The summed E-state index contributed by atoms with van der Waals surface area (Å²) in [6.07, 6.45) is 0.492. The second kappa shape index (κ2) is 4.93. The van der Waals surface area contributed by atoms with Crippen molar-refractivity contribution in [3.63, 3.8) is 0 Å². The highest BCUT2D eigenvalue weighted by Gasteiger charge is 2.25. The van der Waals surface area contributed by atoms with E-state index in [-0.39, 0.29) is 6.09 Å². The van der Waals surface area contributed by atoms with Crippen LogP contribution in [0.15, 0.2) is 18.2 Å². The van der Waals surface area contributed by atoms with E-state index in [1.807, 2.05) is 32.9 Å². The van der Waals surface area contributed by atoms with Crippen LogP contribution in [-0.4, -0.2) is 23.1 Å². The van der Waals surface area contributed by atoms with E-state index < -0.39 is 5.60 Å². The summed E-state index contributed by atoms with van der Waals surface area (Å²) in [5, 5.41) is 8.87. The second-order valence-corrected chi connectivity index (χ2v) is 5.75. The fourth-order valence-corrected chi connectivity index (χ4v) is 2.10. The first-order valence-corrected chi connectivity index (χ1v) is 6.39. The van der Waals surface area contributed by atoms with Gasteiger partial charge in [-0.2, -0.15) is 5.26 Å². The van der Waals surface area contributed by atoms with E-state index in [9.17, 15) is 4.79 Å². The largest absolute Gasteiger partial charge is 0.444 e. The molecule has 1 aromatic rings. The van der Waals surface area contributed by atoms with Gasteiger partial charge in [0.25, 0.3) is 0 Å². The molecule has 4 heteroatoms. The number of nitrogens with zero attached hydrogens (tertiary/aromatic N) is 2. The molecule has 0 aromatic heterocycles. The minimum absolute atomic E-state index is 0.275. The molecule has 0 fully saturated rings. The number of carbonyl (C=O) groups excluding carboxylic acids is 1. The lowest BCUT2D eigenvalue weighted by atomic mass is 9.98. The Morgan fingerprint density at radius 1 is 1.37 bits per heavy atom. The van der Waals surface area contributed by atoms with Gasteiger partial charge < -0.3 is 9.64 Å². The maximum atomic E-state index is 12.0. The molecule has 0 bridgehead atoms. The minimum Gasteiger partial charge on any atom is -0.444 e. The van der Waals surface area contributed by atoms with Crippen LogP contribution >= 0.6 is 0 Å². The Hall–Kier alpha value is -2.02. The third-order valence-corrected chi connectivity index (χ3v) is 3.00. The number of benzene rings is 1. The summed E-state index contributed by atoms with van der Waals surface area (Å²) in [5.74, 6) is 0. The SMILES string of the molecule is CC(C)(C)OC(=O)N1CCc2cc(C#N)ccc2C1. The van der Waals surface area contributed by atoms with Crippen molar-refractivity contribution in [1.29, 1.82) is 5.26 Å². The minimum atomic E-state index is -0.470. The average molecular weight is 258 g/mol. The zero-order valence-corrected chi connectivity index (χ0v) is 11.6. The maximum absolute atomic E-state index is 12.0. The average Bonchev–Trinajstić information content (AvgIpc) is 2.35. The summed E-state index contributed by atoms with van der Waals surface area (Å²) in [6.45, 7) is 6.78. The van der Waals surface area contributed by atoms with Gasteiger partial charge in [-0.1, -0.05) is 6.07 Å². The third-order valence-electron chi connectivity index (χ3n) is 3.00. The number of amides is 1. The number of fused-ring (bicyclic) bond motifs is 1. The van der Waals surface area contributed by atoms with Crippen molar-refractivity contribution in [3.8, 4) is 6.07 Å². The van der Waals surface area contributed by atoms with Crippen molar-refractivity contribution < 1.29 is 9.53 Å². The van der Waals surface area contributed by atoms with Crippen molar-refractivity contribution in [3.05, 3.63) is 34.9 Å². The lowest BCUT2D eigenvalue weighted by Gasteiger charge is -2.31. The normalized spacial score (nSPS) is 14.5. The Labute approximate surface area is 113 Å². The first-order chi connectivity index (χ1) is 8.89. The Morgan fingerprint density at radius 3 is 2.74 bits per heavy atom. The number of hydrogen-bond donors (Lipinski definition) is 0.